The third-order valence-electron chi connectivity index (χ3n) is 3.66. The Kier molecular flexibility index (Phi) is 5.96. The van der Waals surface area contributed by atoms with Crippen molar-refractivity contribution < 1.29 is 35.9 Å². The first kappa shape index (κ1) is 19.1. The molecule has 1 heterocycles. The fraction of sp³-hybridized carbons (Fsp3) is 0.571. The van der Waals surface area contributed by atoms with Crippen molar-refractivity contribution in [2.24, 2.45) is 5.92 Å². The van der Waals surface area contributed by atoms with Crippen LogP contribution in [0.2, 0.25) is 0 Å². The van der Waals surface area contributed by atoms with E-state index in [4.69, 9.17) is 0 Å². The Morgan fingerprint density at radius 1 is 1.32 bits per heavy atom. The van der Waals surface area contributed by atoms with Gasteiger partial charge in [-0.05, 0) is 17.5 Å². The van der Waals surface area contributed by atoms with Gasteiger partial charge in [0.15, 0.2) is 0 Å². The molecule has 140 valence electrons. The minimum Gasteiger partial charge on any atom is -0.417 e. The first-order chi connectivity index (χ1) is 11.7. The topological polar surface area (TPSA) is 63.2 Å². The van der Waals surface area contributed by atoms with Crippen LogP contribution in [-0.4, -0.2) is 36.0 Å². The summed E-state index contributed by atoms with van der Waals surface area (Å²) in [5, 5.41) is 4.22. The second-order valence-corrected chi connectivity index (χ2v) is 5.59. The fourth-order valence-electron chi connectivity index (χ4n) is 2.45. The molecule has 1 saturated carbocycles. The Bertz CT molecular complexity index is 594. The summed E-state index contributed by atoms with van der Waals surface area (Å²) in [6.45, 7) is -3.24. The fourth-order valence-corrected chi connectivity index (χ4v) is 2.45. The van der Waals surface area contributed by atoms with Gasteiger partial charge in [0.2, 0.25) is 11.8 Å². The van der Waals surface area contributed by atoms with Crippen LogP contribution in [0.1, 0.15) is 18.4 Å². The van der Waals surface area contributed by atoms with E-state index in [1.807, 2.05) is 5.32 Å². The zero-order chi connectivity index (χ0) is 18.6. The maximum atomic E-state index is 12.9. The molecule has 0 spiro atoms. The van der Waals surface area contributed by atoms with E-state index >= 15 is 0 Å². The molecule has 0 bridgehead atoms. The number of amides is 2. The molecule has 1 atom stereocenters. The Hall–Kier alpha value is -2.20. The highest BCUT2D eigenvalue weighted by Gasteiger charge is 2.51. The second kappa shape index (κ2) is 7.79. The molecule has 0 saturated heterocycles. The highest BCUT2D eigenvalue weighted by molar-refractivity contribution is 5.74. The standard InChI is InChI=1S/C14H15F6N3O2/c15-11(16)10(8-4-14(19,20)5-8)23-13(24)22-6-7-1-2-21-9(3-7)25-12(17)18/h1-3,8,10-12H,4-6H2,(H2,22,23,24)/t10-/m1/s1. The van der Waals surface area contributed by atoms with E-state index in [9.17, 15) is 31.1 Å². The number of hydrogen-bond acceptors (Lipinski definition) is 3. The van der Waals surface area contributed by atoms with Crippen LogP contribution in [0.5, 0.6) is 5.88 Å². The maximum Gasteiger partial charge on any atom is 0.388 e. The summed E-state index contributed by atoms with van der Waals surface area (Å²) in [6, 6.07) is -0.123. The zero-order valence-electron chi connectivity index (χ0n) is 12.7. The molecule has 1 fully saturated rings. The average Bonchev–Trinajstić information content (AvgIpc) is 2.47. The third kappa shape index (κ3) is 5.68. The summed E-state index contributed by atoms with van der Waals surface area (Å²) >= 11 is 0. The lowest BCUT2D eigenvalue weighted by Crippen LogP contribution is -2.54. The first-order valence-electron chi connectivity index (χ1n) is 7.26. The van der Waals surface area contributed by atoms with E-state index in [2.05, 4.69) is 15.0 Å². The molecule has 0 aromatic carbocycles. The number of carbonyl (C=O) groups is 1. The highest BCUT2D eigenvalue weighted by atomic mass is 19.3. The lowest BCUT2D eigenvalue weighted by Gasteiger charge is -2.39. The molecule has 1 aromatic rings. The van der Waals surface area contributed by atoms with Gasteiger partial charge in [-0.1, -0.05) is 0 Å². The van der Waals surface area contributed by atoms with Gasteiger partial charge >= 0.3 is 12.6 Å². The lowest BCUT2D eigenvalue weighted by molar-refractivity contribution is -0.131. The number of aromatic nitrogens is 1. The van der Waals surface area contributed by atoms with Crippen LogP contribution >= 0.6 is 0 Å². The molecule has 11 heteroatoms. The lowest BCUT2D eigenvalue weighted by atomic mass is 9.76. The normalized spacial score (nSPS) is 17.9. The second-order valence-electron chi connectivity index (χ2n) is 5.59. The summed E-state index contributed by atoms with van der Waals surface area (Å²) in [5.74, 6) is -4.35. The van der Waals surface area contributed by atoms with Crippen molar-refractivity contribution in [1.82, 2.24) is 15.6 Å². The number of urea groups is 1. The number of halogens is 6. The molecule has 25 heavy (non-hydrogen) atoms. The van der Waals surface area contributed by atoms with E-state index in [0.717, 1.165) is 6.07 Å². The molecule has 0 radical (unpaired) electrons. The van der Waals surface area contributed by atoms with E-state index in [1.54, 1.807) is 0 Å². The first-order valence-corrected chi connectivity index (χ1v) is 7.26. The van der Waals surface area contributed by atoms with Crippen LogP contribution in [0.25, 0.3) is 0 Å². The molecule has 1 aliphatic carbocycles. The summed E-state index contributed by atoms with van der Waals surface area (Å²) in [5.41, 5.74) is 0.338. The molecular formula is C14H15F6N3O2. The minimum atomic E-state index is -3.06. The van der Waals surface area contributed by atoms with Gasteiger partial charge < -0.3 is 15.4 Å². The van der Waals surface area contributed by atoms with Gasteiger partial charge in [-0.3, -0.25) is 0 Å². The summed E-state index contributed by atoms with van der Waals surface area (Å²) in [7, 11) is 0. The van der Waals surface area contributed by atoms with Gasteiger partial charge in [0.1, 0.15) is 0 Å². The molecule has 2 N–H and O–H groups in total. The van der Waals surface area contributed by atoms with E-state index in [-0.39, 0.29) is 12.4 Å². The molecule has 0 unspecified atom stereocenters. The van der Waals surface area contributed by atoms with Crippen LogP contribution in [0.3, 0.4) is 0 Å². The Labute approximate surface area is 138 Å². The van der Waals surface area contributed by atoms with Crippen LogP contribution in [-0.2, 0) is 6.54 Å². The predicted molar refractivity (Wildman–Crippen MR) is 73.7 cm³/mol. The molecule has 0 aliphatic heterocycles. The van der Waals surface area contributed by atoms with Crippen molar-refractivity contribution >= 4 is 6.03 Å². The molecule has 2 amide bonds. The smallest absolute Gasteiger partial charge is 0.388 e. The van der Waals surface area contributed by atoms with Gasteiger partial charge in [-0.15, -0.1) is 0 Å². The Morgan fingerprint density at radius 2 is 2.00 bits per heavy atom. The van der Waals surface area contributed by atoms with Crippen molar-refractivity contribution in [3.8, 4) is 5.88 Å². The monoisotopic (exact) mass is 371 g/mol. The number of pyridine rings is 1. The van der Waals surface area contributed by atoms with Gasteiger partial charge in [-0.2, -0.15) is 8.78 Å². The maximum absolute atomic E-state index is 12.9. The number of alkyl halides is 6. The van der Waals surface area contributed by atoms with Gasteiger partial charge in [-0.25, -0.2) is 27.3 Å². The van der Waals surface area contributed by atoms with Gasteiger partial charge in [0.25, 0.3) is 6.43 Å². The van der Waals surface area contributed by atoms with Crippen molar-refractivity contribution in [2.75, 3.05) is 0 Å². The summed E-state index contributed by atoms with van der Waals surface area (Å²) in [6.07, 6.45) is -3.23. The van der Waals surface area contributed by atoms with E-state index in [0.29, 0.717) is 5.56 Å². The molecule has 2 rings (SSSR count). The third-order valence-corrected chi connectivity index (χ3v) is 3.66. The van der Waals surface area contributed by atoms with Crippen LogP contribution in [0.4, 0.5) is 31.1 Å². The molecule has 1 aliphatic rings. The van der Waals surface area contributed by atoms with Crippen LogP contribution in [0.15, 0.2) is 18.3 Å². The SMILES string of the molecule is O=C(NCc1ccnc(OC(F)F)c1)N[C@@H](C(F)F)C1CC(F)(F)C1. The molecule has 5 nitrogen and oxygen atoms in total. The van der Waals surface area contributed by atoms with Crippen LogP contribution < -0.4 is 15.4 Å². The number of rotatable bonds is 7. The van der Waals surface area contributed by atoms with Crippen molar-refractivity contribution in [2.45, 2.75) is 44.4 Å². The van der Waals surface area contributed by atoms with Gasteiger partial charge in [0.05, 0.1) is 6.04 Å². The van der Waals surface area contributed by atoms with Crippen molar-refractivity contribution in [3.05, 3.63) is 23.9 Å². The number of ether oxygens (including phenoxy) is 1. The predicted octanol–water partition coefficient (Wildman–Crippen LogP) is 3.16. The number of hydrogen-bond donors (Lipinski definition) is 2. The van der Waals surface area contributed by atoms with E-state index < -0.39 is 49.8 Å². The molecular weight excluding hydrogens is 356 g/mol. The minimum absolute atomic E-state index is 0.176. The van der Waals surface area contributed by atoms with Crippen molar-refractivity contribution in [1.29, 1.82) is 0 Å². The highest BCUT2D eigenvalue weighted by Crippen LogP contribution is 2.45. The van der Waals surface area contributed by atoms with E-state index in [1.165, 1.54) is 12.3 Å². The number of nitrogens with zero attached hydrogens (tertiary/aromatic N) is 1. The van der Waals surface area contributed by atoms with Crippen molar-refractivity contribution in [3.63, 3.8) is 0 Å². The van der Waals surface area contributed by atoms with Gasteiger partial charge in [0, 0.05) is 31.6 Å². The van der Waals surface area contributed by atoms with Crippen LogP contribution in [0, 0.1) is 5.92 Å². The average molecular weight is 371 g/mol. The number of nitrogens with one attached hydrogen (secondary N) is 2. The largest absolute Gasteiger partial charge is 0.417 e. The Morgan fingerprint density at radius 3 is 2.56 bits per heavy atom. The summed E-state index contributed by atoms with van der Waals surface area (Å²) in [4.78, 5) is 15.2. The zero-order valence-corrected chi connectivity index (χ0v) is 12.7. The summed E-state index contributed by atoms with van der Waals surface area (Å²) < 4.78 is 79.7. The number of carbonyl (C=O) groups excluding carboxylic acids is 1. The Balaban J connectivity index is 1.85. The molecule has 1 aromatic heterocycles. The quantitative estimate of drug-likeness (QED) is 0.724.